The predicted octanol–water partition coefficient (Wildman–Crippen LogP) is 3.45. The lowest BCUT2D eigenvalue weighted by Crippen LogP contribution is -2.08. The van der Waals surface area contributed by atoms with E-state index in [0.29, 0.717) is 5.92 Å². The molecule has 17 heavy (non-hydrogen) atoms. The second-order valence-corrected chi connectivity index (χ2v) is 5.21. The van der Waals surface area contributed by atoms with Gasteiger partial charge in [0.15, 0.2) is 0 Å². The zero-order chi connectivity index (χ0) is 12.3. The van der Waals surface area contributed by atoms with Crippen molar-refractivity contribution in [2.24, 2.45) is 11.7 Å². The van der Waals surface area contributed by atoms with Gasteiger partial charge in [-0.05, 0) is 48.4 Å². The van der Waals surface area contributed by atoms with Gasteiger partial charge in [-0.25, -0.2) is 0 Å². The lowest BCUT2D eigenvalue weighted by molar-refractivity contribution is 0.251. The lowest BCUT2D eigenvalue weighted by atomic mass is 10.1. The average Bonchev–Trinajstić information content (AvgIpc) is 2.69. The summed E-state index contributed by atoms with van der Waals surface area (Å²) in [5.41, 5.74) is 8.70. The summed E-state index contributed by atoms with van der Waals surface area (Å²) in [6.45, 7) is 5.28. The fraction of sp³-hybridized carbons (Fsp3) is 0.600. The van der Waals surface area contributed by atoms with Gasteiger partial charge in [-0.1, -0.05) is 26.3 Å². The highest BCUT2D eigenvalue weighted by Crippen LogP contribution is 2.31. The van der Waals surface area contributed by atoms with Crippen LogP contribution in [0.25, 0.3) is 0 Å². The SMILES string of the molecule is CCCC(C)COc1ccc2c(c1)CCC2N. The zero-order valence-corrected chi connectivity index (χ0v) is 10.9. The fourth-order valence-electron chi connectivity index (χ4n) is 2.53. The Hall–Kier alpha value is -1.02. The highest BCUT2D eigenvalue weighted by atomic mass is 16.5. The number of rotatable bonds is 5. The molecule has 0 radical (unpaired) electrons. The van der Waals surface area contributed by atoms with Crippen LogP contribution in [0.1, 0.15) is 50.3 Å². The predicted molar refractivity (Wildman–Crippen MR) is 71.3 cm³/mol. The van der Waals surface area contributed by atoms with E-state index in [-0.39, 0.29) is 6.04 Å². The van der Waals surface area contributed by atoms with E-state index in [2.05, 4.69) is 32.0 Å². The van der Waals surface area contributed by atoms with Crippen molar-refractivity contribution >= 4 is 0 Å². The maximum absolute atomic E-state index is 6.02. The van der Waals surface area contributed by atoms with Crippen molar-refractivity contribution < 1.29 is 4.74 Å². The molecule has 0 fully saturated rings. The summed E-state index contributed by atoms with van der Waals surface area (Å²) in [6, 6.07) is 6.59. The smallest absolute Gasteiger partial charge is 0.119 e. The molecule has 2 atom stereocenters. The van der Waals surface area contributed by atoms with Crippen LogP contribution in [0.3, 0.4) is 0 Å². The van der Waals surface area contributed by atoms with E-state index in [0.717, 1.165) is 25.2 Å². The van der Waals surface area contributed by atoms with Crippen LogP contribution in [0.15, 0.2) is 18.2 Å². The number of hydrogen-bond acceptors (Lipinski definition) is 2. The Kier molecular flexibility index (Phi) is 4.06. The highest BCUT2D eigenvalue weighted by Gasteiger charge is 2.19. The molecule has 0 spiro atoms. The van der Waals surface area contributed by atoms with Crippen LogP contribution in [0.4, 0.5) is 0 Å². The Bertz CT molecular complexity index is 375. The Balaban J connectivity index is 1.94. The second kappa shape index (κ2) is 5.54. The standard InChI is InChI=1S/C15H23NO/c1-3-4-11(2)10-17-13-6-7-14-12(9-13)5-8-15(14)16/h6-7,9,11,15H,3-5,8,10,16H2,1-2H3. The van der Waals surface area contributed by atoms with Crippen molar-refractivity contribution in [3.05, 3.63) is 29.3 Å². The minimum atomic E-state index is 0.234. The van der Waals surface area contributed by atoms with Gasteiger partial charge < -0.3 is 10.5 Å². The first-order chi connectivity index (χ1) is 8.20. The van der Waals surface area contributed by atoms with E-state index in [1.807, 2.05) is 0 Å². The number of nitrogens with two attached hydrogens (primary N) is 1. The van der Waals surface area contributed by atoms with Crippen LogP contribution in [0.5, 0.6) is 5.75 Å². The first-order valence-corrected chi connectivity index (χ1v) is 6.72. The molecule has 0 bridgehead atoms. The first-order valence-electron chi connectivity index (χ1n) is 6.72. The van der Waals surface area contributed by atoms with Gasteiger partial charge in [-0.2, -0.15) is 0 Å². The van der Waals surface area contributed by atoms with Crippen LogP contribution >= 0.6 is 0 Å². The van der Waals surface area contributed by atoms with Crippen molar-refractivity contribution in [2.75, 3.05) is 6.61 Å². The third-order valence-corrected chi connectivity index (χ3v) is 3.55. The largest absolute Gasteiger partial charge is 0.493 e. The number of aryl methyl sites for hydroxylation is 1. The van der Waals surface area contributed by atoms with Gasteiger partial charge in [-0.15, -0.1) is 0 Å². The molecule has 1 aromatic rings. The summed E-state index contributed by atoms with van der Waals surface area (Å²) in [6.07, 6.45) is 4.63. The summed E-state index contributed by atoms with van der Waals surface area (Å²) < 4.78 is 5.84. The highest BCUT2D eigenvalue weighted by molar-refractivity contribution is 5.40. The van der Waals surface area contributed by atoms with E-state index in [9.17, 15) is 0 Å². The molecule has 0 amide bonds. The molecule has 0 aliphatic heterocycles. The molecule has 0 saturated carbocycles. The quantitative estimate of drug-likeness (QED) is 0.845. The van der Waals surface area contributed by atoms with Gasteiger partial charge >= 0.3 is 0 Å². The summed E-state index contributed by atoms with van der Waals surface area (Å²) in [7, 11) is 0. The van der Waals surface area contributed by atoms with Crippen LogP contribution < -0.4 is 10.5 Å². The molecule has 2 rings (SSSR count). The van der Waals surface area contributed by atoms with Crippen LogP contribution in [0, 0.1) is 5.92 Å². The topological polar surface area (TPSA) is 35.2 Å². The van der Waals surface area contributed by atoms with E-state index >= 15 is 0 Å². The number of hydrogen-bond donors (Lipinski definition) is 1. The minimum Gasteiger partial charge on any atom is -0.493 e. The van der Waals surface area contributed by atoms with Gasteiger partial charge in [-0.3, -0.25) is 0 Å². The number of benzene rings is 1. The summed E-state index contributed by atoms with van der Waals surface area (Å²) in [5, 5.41) is 0. The Morgan fingerprint density at radius 2 is 2.29 bits per heavy atom. The monoisotopic (exact) mass is 233 g/mol. The van der Waals surface area contributed by atoms with Gasteiger partial charge in [0.05, 0.1) is 6.61 Å². The third-order valence-electron chi connectivity index (χ3n) is 3.55. The average molecular weight is 233 g/mol. The van der Waals surface area contributed by atoms with E-state index in [4.69, 9.17) is 10.5 Å². The Morgan fingerprint density at radius 1 is 1.47 bits per heavy atom. The molecule has 0 saturated heterocycles. The van der Waals surface area contributed by atoms with Gasteiger partial charge in [0.1, 0.15) is 5.75 Å². The molecule has 1 aromatic carbocycles. The molecule has 2 heteroatoms. The van der Waals surface area contributed by atoms with Gasteiger partial charge in [0.2, 0.25) is 0 Å². The molecular formula is C15H23NO. The maximum atomic E-state index is 6.02. The Morgan fingerprint density at radius 3 is 3.06 bits per heavy atom. The van der Waals surface area contributed by atoms with Crippen molar-refractivity contribution in [3.63, 3.8) is 0 Å². The normalized spacial score (nSPS) is 20.1. The van der Waals surface area contributed by atoms with Crippen LogP contribution in [0.2, 0.25) is 0 Å². The molecule has 1 aliphatic carbocycles. The lowest BCUT2D eigenvalue weighted by Gasteiger charge is -2.13. The third kappa shape index (κ3) is 3.01. The summed E-state index contributed by atoms with van der Waals surface area (Å²) >= 11 is 0. The molecule has 1 aliphatic rings. The number of fused-ring (bicyclic) bond motifs is 1. The molecule has 2 unspecified atom stereocenters. The number of ether oxygens (including phenoxy) is 1. The van der Waals surface area contributed by atoms with Crippen LogP contribution in [-0.4, -0.2) is 6.61 Å². The van der Waals surface area contributed by atoms with E-state index in [1.165, 1.54) is 24.0 Å². The van der Waals surface area contributed by atoms with Crippen molar-refractivity contribution in [2.45, 2.75) is 45.6 Å². The van der Waals surface area contributed by atoms with E-state index in [1.54, 1.807) is 0 Å². The van der Waals surface area contributed by atoms with Gasteiger partial charge in [0.25, 0.3) is 0 Å². The van der Waals surface area contributed by atoms with Crippen molar-refractivity contribution in [3.8, 4) is 5.75 Å². The van der Waals surface area contributed by atoms with Crippen LogP contribution in [-0.2, 0) is 6.42 Å². The molecule has 0 heterocycles. The second-order valence-electron chi connectivity index (χ2n) is 5.21. The summed E-state index contributed by atoms with van der Waals surface area (Å²) in [5.74, 6) is 1.64. The summed E-state index contributed by atoms with van der Waals surface area (Å²) in [4.78, 5) is 0. The van der Waals surface area contributed by atoms with Crippen molar-refractivity contribution in [1.29, 1.82) is 0 Å². The maximum Gasteiger partial charge on any atom is 0.119 e. The fourth-order valence-corrected chi connectivity index (χ4v) is 2.53. The van der Waals surface area contributed by atoms with Gasteiger partial charge in [0, 0.05) is 6.04 Å². The minimum absolute atomic E-state index is 0.234. The Labute approximate surface area is 104 Å². The zero-order valence-electron chi connectivity index (χ0n) is 10.9. The van der Waals surface area contributed by atoms with E-state index < -0.39 is 0 Å². The molecule has 2 nitrogen and oxygen atoms in total. The van der Waals surface area contributed by atoms with Crippen molar-refractivity contribution in [1.82, 2.24) is 0 Å². The first kappa shape index (κ1) is 12.4. The molecular weight excluding hydrogens is 210 g/mol. The molecule has 2 N–H and O–H groups in total. The molecule has 0 aromatic heterocycles. The molecule has 94 valence electrons.